The predicted molar refractivity (Wildman–Crippen MR) is 117 cm³/mol. The molecule has 0 radical (unpaired) electrons. The van der Waals surface area contributed by atoms with Gasteiger partial charge in [0.15, 0.2) is 5.65 Å². The van der Waals surface area contributed by atoms with Gasteiger partial charge in [-0.25, -0.2) is 9.97 Å². The predicted octanol–water partition coefficient (Wildman–Crippen LogP) is 5.85. The van der Waals surface area contributed by atoms with Crippen molar-refractivity contribution in [1.82, 2.24) is 14.5 Å². The van der Waals surface area contributed by atoms with Crippen LogP contribution in [0.3, 0.4) is 0 Å². The summed E-state index contributed by atoms with van der Waals surface area (Å²) in [6.07, 6.45) is 4.93. The number of rotatable bonds is 6. The molecule has 0 saturated heterocycles. The first kappa shape index (κ1) is 18.2. The number of aryl methyl sites for hydroxylation is 1. The van der Waals surface area contributed by atoms with Gasteiger partial charge in [-0.3, -0.25) is 0 Å². The molecule has 2 heterocycles. The maximum Gasteiger partial charge on any atom is 0.150 e. The zero-order valence-electron chi connectivity index (χ0n) is 16.7. The van der Waals surface area contributed by atoms with Gasteiger partial charge in [0.05, 0.1) is 5.39 Å². The number of hydrogen-bond acceptors (Lipinski definition) is 3. The number of nitrogens with zero attached hydrogens (tertiary/aromatic N) is 3. The molecule has 2 aromatic heterocycles. The Kier molecular flexibility index (Phi) is 5.11. The Labute approximate surface area is 166 Å². The summed E-state index contributed by atoms with van der Waals surface area (Å²) in [7, 11) is 0. The maximum absolute atomic E-state index is 4.64. The van der Waals surface area contributed by atoms with Gasteiger partial charge in [0.2, 0.25) is 0 Å². The van der Waals surface area contributed by atoms with Crippen molar-refractivity contribution < 1.29 is 0 Å². The van der Waals surface area contributed by atoms with Crippen LogP contribution in [-0.2, 0) is 0 Å². The van der Waals surface area contributed by atoms with Crippen LogP contribution in [0, 0.1) is 12.8 Å². The van der Waals surface area contributed by atoms with E-state index in [1.54, 1.807) is 6.33 Å². The molecule has 0 amide bonds. The van der Waals surface area contributed by atoms with E-state index in [-0.39, 0.29) is 0 Å². The van der Waals surface area contributed by atoms with Crippen LogP contribution in [0.2, 0.25) is 0 Å². The summed E-state index contributed by atoms with van der Waals surface area (Å²) in [6.45, 7) is 7.47. The summed E-state index contributed by atoms with van der Waals surface area (Å²) >= 11 is 0. The van der Waals surface area contributed by atoms with Gasteiger partial charge in [-0.05, 0) is 37.0 Å². The molecule has 0 atom stereocenters. The number of benzene rings is 2. The van der Waals surface area contributed by atoms with E-state index in [9.17, 15) is 0 Å². The molecule has 0 fully saturated rings. The number of nitrogens with one attached hydrogen (secondary N) is 1. The van der Waals surface area contributed by atoms with Gasteiger partial charge in [0.1, 0.15) is 12.1 Å². The molecule has 0 unspecified atom stereocenters. The molecule has 0 bridgehead atoms. The minimum Gasteiger partial charge on any atom is -0.369 e. The van der Waals surface area contributed by atoms with Crippen molar-refractivity contribution in [2.45, 2.75) is 27.2 Å². The smallest absolute Gasteiger partial charge is 0.150 e. The summed E-state index contributed by atoms with van der Waals surface area (Å²) in [5.41, 5.74) is 5.58. The zero-order valence-corrected chi connectivity index (χ0v) is 16.7. The fourth-order valence-electron chi connectivity index (χ4n) is 3.41. The molecule has 4 heteroatoms. The lowest BCUT2D eigenvalue weighted by Crippen LogP contribution is -2.07. The van der Waals surface area contributed by atoms with Crippen molar-refractivity contribution in [3.05, 3.63) is 72.7 Å². The van der Waals surface area contributed by atoms with Crippen LogP contribution in [0.1, 0.15) is 25.8 Å². The third-order valence-corrected chi connectivity index (χ3v) is 4.99. The molecule has 0 aliphatic heterocycles. The Morgan fingerprint density at radius 2 is 1.71 bits per heavy atom. The van der Waals surface area contributed by atoms with E-state index in [4.69, 9.17) is 0 Å². The highest BCUT2D eigenvalue weighted by Crippen LogP contribution is 2.35. The van der Waals surface area contributed by atoms with Crippen LogP contribution in [-0.4, -0.2) is 21.1 Å². The van der Waals surface area contributed by atoms with E-state index in [2.05, 4.69) is 95.4 Å². The van der Waals surface area contributed by atoms with Crippen molar-refractivity contribution in [2.75, 3.05) is 11.9 Å². The summed E-state index contributed by atoms with van der Waals surface area (Å²) < 4.78 is 2.16. The first-order valence-electron chi connectivity index (χ1n) is 9.86. The molecule has 0 saturated carbocycles. The lowest BCUT2D eigenvalue weighted by Gasteiger charge is -2.10. The van der Waals surface area contributed by atoms with E-state index in [0.717, 1.165) is 41.1 Å². The van der Waals surface area contributed by atoms with E-state index < -0.39 is 0 Å². The number of anilines is 1. The highest BCUT2D eigenvalue weighted by atomic mass is 15.1. The van der Waals surface area contributed by atoms with Gasteiger partial charge in [-0.2, -0.15) is 0 Å². The second-order valence-electron chi connectivity index (χ2n) is 7.64. The summed E-state index contributed by atoms with van der Waals surface area (Å²) in [6, 6.07) is 19.0. The minimum absolute atomic E-state index is 0.649. The Morgan fingerprint density at radius 1 is 0.964 bits per heavy atom. The molecule has 4 nitrogen and oxygen atoms in total. The molecule has 0 aliphatic rings. The zero-order chi connectivity index (χ0) is 19.5. The van der Waals surface area contributed by atoms with Gasteiger partial charge in [0.25, 0.3) is 0 Å². The van der Waals surface area contributed by atoms with Crippen molar-refractivity contribution in [3.8, 4) is 16.8 Å². The second kappa shape index (κ2) is 7.85. The maximum atomic E-state index is 4.64. The molecule has 4 rings (SSSR count). The third-order valence-electron chi connectivity index (χ3n) is 4.99. The van der Waals surface area contributed by atoms with Gasteiger partial charge in [-0.15, -0.1) is 0 Å². The van der Waals surface area contributed by atoms with Crippen LogP contribution in [0.25, 0.3) is 27.8 Å². The lowest BCUT2D eigenvalue weighted by molar-refractivity contribution is 0.607. The second-order valence-corrected chi connectivity index (χ2v) is 7.64. The minimum atomic E-state index is 0.649. The molecule has 4 aromatic rings. The molecule has 1 N–H and O–H groups in total. The van der Waals surface area contributed by atoms with E-state index in [1.165, 1.54) is 11.1 Å². The Bertz CT molecular complexity index is 1060. The largest absolute Gasteiger partial charge is 0.369 e. The van der Waals surface area contributed by atoms with Crippen LogP contribution in [0.5, 0.6) is 0 Å². The highest BCUT2D eigenvalue weighted by Gasteiger charge is 2.17. The average molecular weight is 371 g/mol. The lowest BCUT2D eigenvalue weighted by atomic mass is 10.1. The summed E-state index contributed by atoms with van der Waals surface area (Å²) in [5.74, 6) is 1.55. The third kappa shape index (κ3) is 3.63. The topological polar surface area (TPSA) is 42.7 Å². The fraction of sp³-hybridized carbons (Fsp3) is 0.250. The van der Waals surface area contributed by atoms with Crippen molar-refractivity contribution in [3.63, 3.8) is 0 Å². The molecule has 142 valence electrons. The molecule has 0 aliphatic carbocycles. The van der Waals surface area contributed by atoms with Crippen LogP contribution in [0.15, 0.2) is 67.1 Å². The van der Waals surface area contributed by atoms with Crippen molar-refractivity contribution >= 4 is 16.9 Å². The normalized spacial score (nSPS) is 11.3. The number of hydrogen-bond donors (Lipinski definition) is 1. The molecular formula is C24H26N4. The molecule has 2 aromatic carbocycles. The molecular weight excluding hydrogens is 344 g/mol. The van der Waals surface area contributed by atoms with E-state index in [1.807, 2.05) is 6.07 Å². The fourth-order valence-corrected chi connectivity index (χ4v) is 3.41. The van der Waals surface area contributed by atoms with Crippen LogP contribution < -0.4 is 5.32 Å². The Morgan fingerprint density at radius 3 is 2.43 bits per heavy atom. The van der Waals surface area contributed by atoms with Crippen molar-refractivity contribution in [2.24, 2.45) is 5.92 Å². The first-order chi connectivity index (χ1) is 13.6. The summed E-state index contributed by atoms with van der Waals surface area (Å²) in [5, 5.41) is 4.61. The monoisotopic (exact) mass is 370 g/mol. The first-order valence-corrected chi connectivity index (χ1v) is 9.86. The van der Waals surface area contributed by atoms with Gasteiger partial charge in [-0.1, -0.05) is 61.9 Å². The summed E-state index contributed by atoms with van der Waals surface area (Å²) in [4.78, 5) is 9.22. The molecule has 0 spiro atoms. The van der Waals surface area contributed by atoms with E-state index in [0.29, 0.717) is 5.92 Å². The number of aromatic nitrogens is 3. The highest BCUT2D eigenvalue weighted by molar-refractivity contribution is 6.02. The van der Waals surface area contributed by atoms with Crippen LogP contribution in [0.4, 0.5) is 5.82 Å². The van der Waals surface area contributed by atoms with Crippen LogP contribution >= 0.6 is 0 Å². The molecule has 28 heavy (non-hydrogen) atoms. The van der Waals surface area contributed by atoms with Gasteiger partial charge >= 0.3 is 0 Å². The average Bonchev–Trinajstić information content (AvgIpc) is 3.10. The van der Waals surface area contributed by atoms with Gasteiger partial charge in [0, 0.05) is 24.0 Å². The van der Waals surface area contributed by atoms with Crippen molar-refractivity contribution in [1.29, 1.82) is 0 Å². The SMILES string of the molecule is Cc1ccc(-n2cc(-c3ccccc3)c3c(NCCC(C)C)ncnc32)cc1. The quantitative estimate of drug-likeness (QED) is 0.463. The Hall–Kier alpha value is -3.14. The number of fused-ring (bicyclic) bond motifs is 1. The Balaban J connectivity index is 1.88. The van der Waals surface area contributed by atoms with E-state index >= 15 is 0 Å². The standard InChI is InChI=1S/C24H26N4/c1-17(2)13-14-25-23-22-21(19-7-5-4-6-8-19)15-28(24(22)27-16-26-23)20-11-9-18(3)10-12-20/h4-12,15-17H,13-14H2,1-3H3,(H,25,26,27). The van der Waals surface area contributed by atoms with Gasteiger partial charge < -0.3 is 9.88 Å².